The van der Waals surface area contributed by atoms with E-state index in [0.717, 1.165) is 12.0 Å². The van der Waals surface area contributed by atoms with E-state index in [2.05, 4.69) is 20.3 Å². The molecule has 0 fully saturated rings. The van der Waals surface area contributed by atoms with Crippen LogP contribution in [0, 0.1) is 0 Å². The molecule has 112 valence electrons. The maximum Gasteiger partial charge on any atom is 0.228 e. The molecule has 0 unspecified atom stereocenters. The number of ether oxygens (including phenoxy) is 2. The van der Waals surface area contributed by atoms with Gasteiger partial charge in [0, 0.05) is 6.54 Å². The molecule has 0 amide bonds. The zero-order valence-electron chi connectivity index (χ0n) is 11.6. The van der Waals surface area contributed by atoms with Crippen LogP contribution in [0.4, 0.5) is 5.95 Å². The van der Waals surface area contributed by atoms with Gasteiger partial charge in [0.1, 0.15) is 0 Å². The van der Waals surface area contributed by atoms with E-state index in [0.29, 0.717) is 24.0 Å². The summed E-state index contributed by atoms with van der Waals surface area (Å²) in [5, 5.41) is 3.16. The van der Waals surface area contributed by atoms with Crippen LogP contribution in [0.25, 0.3) is 0 Å². The first-order chi connectivity index (χ1) is 10.1. The van der Waals surface area contributed by atoms with Gasteiger partial charge in [0.25, 0.3) is 0 Å². The normalized spacial score (nSPS) is 10.3. The zero-order chi connectivity index (χ0) is 15.2. The number of benzene rings is 1. The molecule has 1 aromatic carbocycles. The Kier molecular flexibility index (Phi) is 5.41. The summed E-state index contributed by atoms with van der Waals surface area (Å²) in [6.07, 6.45) is 0.751. The molecule has 6 nitrogen and oxygen atoms in total. The third-order valence-electron chi connectivity index (χ3n) is 2.73. The van der Waals surface area contributed by atoms with Crippen molar-refractivity contribution in [3.8, 4) is 11.5 Å². The number of anilines is 1. The highest BCUT2D eigenvalue weighted by molar-refractivity contribution is 6.31. The van der Waals surface area contributed by atoms with E-state index in [4.69, 9.17) is 32.7 Å². The standard InChI is InChI=1S/C13H14Cl2N4O2/c1-20-9-4-3-8(7-10(9)21-2)5-6-16-13-18-11(14)17-12(15)19-13/h3-4,7H,5-6H2,1-2H3,(H,16,17,18,19). The van der Waals surface area contributed by atoms with E-state index in [-0.39, 0.29) is 10.6 Å². The molecule has 1 heterocycles. The Bertz CT molecular complexity index is 605. The van der Waals surface area contributed by atoms with Gasteiger partial charge in [-0.05, 0) is 47.3 Å². The van der Waals surface area contributed by atoms with Crippen molar-refractivity contribution in [2.24, 2.45) is 0 Å². The molecule has 2 aromatic rings. The van der Waals surface area contributed by atoms with Crippen molar-refractivity contribution < 1.29 is 9.47 Å². The van der Waals surface area contributed by atoms with Crippen molar-refractivity contribution >= 4 is 29.2 Å². The summed E-state index contributed by atoms with van der Waals surface area (Å²) in [5.41, 5.74) is 1.09. The molecule has 0 aliphatic carbocycles. The van der Waals surface area contributed by atoms with Crippen molar-refractivity contribution in [3.05, 3.63) is 34.3 Å². The van der Waals surface area contributed by atoms with Crippen molar-refractivity contribution in [1.82, 2.24) is 15.0 Å². The molecule has 0 aliphatic heterocycles. The summed E-state index contributed by atoms with van der Waals surface area (Å²) in [6, 6.07) is 5.76. The second-order valence-electron chi connectivity index (χ2n) is 4.06. The predicted molar refractivity (Wildman–Crippen MR) is 81.6 cm³/mol. The Morgan fingerprint density at radius 1 is 1.00 bits per heavy atom. The summed E-state index contributed by atoms with van der Waals surface area (Å²) in [6.45, 7) is 0.617. The minimum atomic E-state index is 0.0589. The third-order valence-corrected chi connectivity index (χ3v) is 3.06. The Morgan fingerprint density at radius 3 is 2.29 bits per heavy atom. The van der Waals surface area contributed by atoms with E-state index in [9.17, 15) is 0 Å². The van der Waals surface area contributed by atoms with Gasteiger partial charge >= 0.3 is 0 Å². The van der Waals surface area contributed by atoms with E-state index >= 15 is 0 Å². The van der Waals surface area contributed by atoms with Gasteiger partial charge in [-0.2, -0.15) is 15.0 Å². The maximum atomic E-state index is 5.70. The SMILES string of the molecule is COc1ccc(CCNc2nc(Cl)nc(Cl)n2)cc1OC. The predicted octanol–water partition coefficient (Wildman–Crippen LogP) is 2.85. The molecule has 21 heavy (non-hydrogen) atoms. The highest BCUT2D eigenvalue weighted by Gasteiger charge is 2.05. The summed E-state index contributed by atoms with van der Waals surface area (Å²) in [5.74, 6) is 1.74. The molecule has 0 saturated heterocycles. The molecule has 0 spiro atoms. The highest BCUT2D eigenvalue weighted by Crippen LogP contribution is 2.27. The zero-order valence-corrected chi connectivity index (χ0v) is 13.1. The summed E-state index contributed by atoms with van der Waals surface area (Å²) < 4.78 is 10.5. The molecule has 0 radical (unpaired) electrons. The Morgan fingerprint density at radius 2 is 1.67 bits per heavy atom. The van der Waals surface area contributed by atoms with Crippen LogP contribution >= 0.6 is 23.2 Å². The number of methoxy groups -OCH3 is 2. The summed E-state index contributed by atoms with van der Waals surface area (Å²) >= 11 is 11.4. The maximum absolute atomic E-state index is 5.70. The van der Waals surface area contributed by atoms with Crippen molar-refractivity contribution in [2.75, 3.05) is 26.1 Å². The number of hydrogen-bond acceptors (Lipinski definition) is 6. The quantitative estimate of drug-likeness (QED) is 0.879. The summed E-state index contributed by atoms with van der Waals surface area (Å²) in [4.78, 5) is 11.5. The van der Waals surface area contributed by atoms with Gasteiger partial charge < -0.3 is 14.8 Å². The topological polar surface area (TPSA) is 69.2 Å². The summed E-state index contributed by atoms with van der Waals surface area (Å²) in [7, 11) is 3.21. The van der Waals surface area contributed by atoms with Gasteiger partial charge in [-0.25, -0.2) is 0 Å². The molecule has 0 aliphatic rings. The van der Waals surface area contributed by atoms with E-state index in [1.54, 1.807) is 14.2 Å². The van der Waals surface area contributed by atoms with Crippen LogP contribution in [0.2, 0.25) is 10.6 Å². The average Bonchev–Trinajstić information content (AvgIpc) is 2.46. The monoisotopic (exact) mass is 328 g/mol. The minimum Gasteiger partial charge on any atom is -0.493 e. The second kappa shape index (κ2) is 7.28. The number of aromatic nitrogens is 3. The smallest absolute Gasteiger partial charge is 0.228 e. The van der Waals surface area contributed by atoms with E-state index in [1.807, 2.05) is 18.2 Å². The van der Waals surface area contributed by atoms with Crippen LogP contribution in [0.15, 0.2) is 18.2 Å². The fraction of sp³-hybridized carbons (Fsp3) is 0.308. The van der Waals surface area contributed by atoms with Crippen molar-refractivity contribution in [1.29, 1.82) is 0 Å². The number of hydrogen-bond donors (Lipinski definition) is 1. The van der Waals surface area contributed by atoms with Gasteiger partial charge in [0.2, 0.25) is 16.5 Å². The van der Waals surface area contributed by atoms with Gasteiger partial charge in [-0.15, -0.1) is 0 Å². The molecule has 0 atom stereocenters. The van der Waals surface area contributed by atoms with Crippen LogP contribution in [0.5, 0.6) is 11.5 Å². The number of halogens is 2. The van der Waals surface area contributed by atoms with Gasteiger partial charge in [0.15, 0.2) is 11.5 Å². The first-order valence-corrected chi connectivity index (χ1v) is 6.90. The van der Waals surface area contributed by atoms with Crippen LogP contribution < -0.4 is 14.8 Å². The van der Waals surface area contributed by atoms with Gasteiger partial charge in [-0.3, -0.25) is 0 Å². The highest BCUT2D eigenvalue weighted by atomic mass is 35.5. The number of rotatable bonds is 6. The Labute approximate surface area is 132 Å². The third kappa shape index (κ3) is 4.34. The Hall–Kier alpha value is -1.79. The van der Waals surface area contributed by atoms with Gasteiger partial charge in [-0.1, -0.05) is 6.07 Å². The van der Waals surface area contributed by atoms with Crippen molar-refractivity contribution in [3.63, 3.8) is 0 Å². The lowest BCUT2D eigenvalue weighted by Gasteiger charge is -2.10. The number of nitrogens with zero attached hydrogens (tertiary/aromatic N) is 3. The number of nitrogens with one attached hydrogen (secondary N) is 1. The molecule has 1 aromatic heterocycles. The lowest BCUT2D eigenvalue weighted by atomic mass is 10.1. The van der Waals surface area contributed by atoms with E-state index in [1.165, 1.54) is 0 Å². The fourth-order valence-corrected chi connectivity index (χ4v) is 2.12. The van der Waals surface area contributed by atoms with Crippen LogP contribution in [-0.2, 0) is 6.42 Å². The van der Waals surface area contributed by atoms with E-state index < -0.39 is 0 Å². The lowest BCUT2D eigenvalue weighted by molar-refractivity contribution is 0.354. The van der Waals surface area contributed by atoms with Crippen LogP contribution in [0.1, 0.15) is 5.56 Å². The molecular formula is C13H14Cl2N4O2. The molecule has 2 rings (SSSR count). The molecule has 1 N–H and O–H groups in total. The van der Waals surface area contributed by atoms with Crippen LogP contribution in [0.3, 0.4) is 0 Å². The first-order valence-electron chi connectivity index (χ1n) is 6.14. The second-order valence-corrected chi connectivity index (χ2v) is 4.74. The van der Waals surface area contributed by atoms with Gasteiger partial charge in [0.05, 0.1) is 14.2 Å². The largest absolute Gasteiger partial charge is 0.493 e. The van der Waals surface area contributed by atoms with Crippen molar-refractivity contribution in [2.45, 2.75) is 6.42 Å². The molecular weight excluding hydrogens is 315 g/mol. The Balaban J connectivity index is 1.97. The first kappa shape index (κ1) is 15.6. The minimum absolute atomic E-state index is 0.0589. The van der Waals surface area contributed by atoms with Crippen LogP contribution in [-0.4, -0.2) is 35.7 Å². The molecule has 8 heteroatoms. The molecule has 0 bridgehead atoms. The average molecular weight is 329 g/mol. The fourth-order valence-electron chi connectivity index (χ4n) is 1.76. The molecule has 0 saturated carbocycles. The lowest BCUT2D eigenvalue weighted by Crippen LogP contribution is -2.09.